The molecule has 0 bridgehead atoms. The topological polar surface area (TPSA) is 63.2 Å². The van der Waals surface area contributed by atoms with Crippen molar-refractivity contribution in [2.24, 2.45) is 0 Å². The fourth-order valence-corrected chi connectivity index (χ4v) is 3.34. The monoisotopic (exact) mass is 432 g/mol. The summed E-state index contributed by atoms with van der Waals surface area (Å²) in [5.74, 6) is 1.23. The van der Waals surface area contributed by atoms with Crippen LogP contribution in [-0.2, 0) is 27.1 Å². The van der Waals surface area contributed by atoms with E-state index in [-0.39, 0.29) is 18.5 Å². The van der Waals surface area contributed by atoms with E-state index in [0.717, 1.165) is 29.9 Å². The van der Waals surface area contributed by atoms with Gasteiger partial charge >= 0.3 is 5.97 Å². The van der Waals surface area contributed by atoms with E-state index in [2.05, 4.69) is 0 Å². The summed E-state index contributed by atoms with van der Waals surface area (Å²) in [5, 5.41) is 0. The van der Waals surface area contributed by atoms with Gasteiger partial charge in [0.25, 0.3) is 0 Å². The number of hydrogen-bond donors (Lipinski definition) is 0. The second-order valence-electron chi connectivity index (χ2n) is 7.26. The Hall–Kier alpha value is -2.80. The summed E-state index contributed by atoms with van der Waals surface area (Å²) in [4.78, 5) is 11.4. The Morgan fingerprint density at radius 1 is 1.13 bits per heavy atom. The molecule has 1 heterocycles. The number of carbonyl (C=O) groups is 1. The van der Waals surface area contributed by atoms with E-state index in [9.17, 15) is 9.18 Å². The van der Waals surface area contributed by atoms with E-state index < -0.39 is 5.82 Å². The lowest BCUT2D eigenvalue weighted by Crippen LogP contribution is -2.29. The van der Waals surface area contributed by atoms with Crippen LogP contribution in [0, 0.1) is 5.82 Å². The Balaban J connectivity index is 1.51. The lowest BCUT2D eigenvalue weighted by atomic mass is 10.0. The average molecular weight is 432 g/mol. The van der Waals surface area contributed by atoms with Crippen molar-refractivity contribution in [2.45, 2.75) is 38.7 Å². The van der Waals surface area contributed by atoms with Gasteiger partial charge in [0.05, 0.1) is 13.2 Å². The molecule has 168 valence electrons. The molecule has 0 aliphatic carbocycles. The van der Waals surface area contributed by atoms with Gasteiger partial charge in [0, 0.05) is 25.7 Å². The molecule has 0 aromatic heterocycles. The first-order valence-electron chi connectivity index (χ1n) is 10.6. The van der Waals surface area contributed by atoms with Gasteiger partial charge in [0.2, 0.25) is 0 Å². The van der Waals surface area contributed by atoms with Gasteiger partial charge in [-0.25, -0.2) is 4.39 Å². The fraction of sp³-hybridized carbons (Fsp3) is 0.458. The van der Waals surface area contributed by atoms with Crippen LogP contribution in [0.1, 0.15) is 30.9 Å². The van der Waals surface area contributed by atoms with Gasteiger partial charge in [-0.15, -0.1) is 0 Å². The number of methoxy groups -OCH3 is 1. The highest BCUT2D eigenvalue weighted by molar-refractivity contribution is 5.69. The maximum Gasteiger partial charge on any atom is 0.306 e. The SMILES string of the molecule is CCOC(=O)CCc1ccc(OCC2CCc3ccc(OCCOC)cc3O2)cc1F. The molecule has 1 atom stereocenters. The summed E-state index contributed by atoms with van der Waals surface area (Å²) < 4.78 is 41.7. The summed E-state index contributed by atoms with van der Waals surface area (Å²) in [5.41, 5.74) is 1.59. The van der Waals surface area contributed by atoms with Crippen LogP contribution >= 0.6 is 0 Å². The highest BCUT2D eigenvalue weighted by atomic mass is 19.1. The second-order valence-corrected chi connectivity index (χ2v) is 7.26. The van der Waals surface area contributed by atoms with Crippen molar-refractivity contribution in [3.63, 3.8) is 0 Å². The first-order chi connectivity index (χ1) is 15.1. The van der Waals surface area contributed by atoms with Crippen molar-refractivity contribution in [2.75, 3.05) is 33.5 Å². The van der Waals surface area contributed by atoms with Crippen LogP contribution in [0.5, 0.6) is 17.2 Å². The number of esters is 1. The van der Waals surface area contributed by atoms with E-state index >= 15 is 0 Å². The number of benzene rings is 2. The van der Waals surface area contributed by atoms with Crippen molar-refractivity contribution in [1.29, 1.82) is 0 Å². The molecule has 7 heteroatoms. The van der Waals surface area contributed by atoms with E-state index in [4.69, 9.17) is 23.7 Å². The molecule has 1 unspecified atom stereocenters. The minimum absolute atomic E-state index is 0.131. The van der Waals surface area contributed by atoms with E-state index in [1.54, 1.807) is 26.2 Å². The third-order valence-electron chi connectivity index (χ3n) is 4.99. The normalized spacial score (nSPS) is 15.0. The maximum atomic E-state index is 14.3. The Morgan fingerprint density at radius 2 is 1.94 bits per heavy atom. The standard InChI is InChI=1S/C24H29FO6/c1-3-28-24(26)11-7-17-4-8-19(14-22(17)25)30-16-21-10-6-18-5-9-20(15-23(18)31-21)29-13-12-27-2/h4-5,8-9,14-15,21H,3,6-7,10-13,16H2,1-2H3. The highest BCUT2D eigenvalue weighted by Crippen LogP contribution is 2.31. The number of aryl methyl sites for hydroxylation is 2. The molecule has 0 fully saturated rings. The van der Waals surface area contributed by atoms with E-state index in [1.165, 1.54) is 6.07 Å². The van der Waals surface area contributed by atoms with Crippen LogP contribution in [0.4, 0.5) is 4.39 Å². The van der Waals surface area contributed by atoms with Gasteiger partial charge in [-0.05, 0) is 49.4 Å². The van der Waals surface area contributed by atoms with E-state index in [0.29, 0.717) is 44.2 Å². The summed E-state index contributed by atoms with van der Waals surface area (Å²) >= 11 is 0. The molecule has 6 nitrogen and oxygen atoms in total. The molecular formula is C24H29FO6. The molecule has 0 saturated carbocycles. The smallest absolute Gasteiger partial charge is 0.306 e. The Morgan fingerprint density at radius 3 is 2.71 bits per heavy atom. The highest BCUT2D eigenvalue weighted by Gasteiger charge is 2.21. The molecular weight excluding hydrogens is 403 g/mol. The Kier molecular flexibility index (Phi) is 8.53. The molecule has 1 aliphatic rings. The third-order valence-corrected chi connectivity index (χ3v) is 4.99. The summed E-state index contributed by atoms with van der Waals surface area (Å²) in [6.07, 6.45) is 2.01. The molecule has 0 N–H and O–H groups in total. The predicted molar refractivity (Wildman–Crippen MR) is 113 cm³/mol. The quantitative estimate of drug-likeness (QED) is 0.393. The summed E-state index contributed by atoms with van der Waals surface area (Å²) in [6, 6.07) is 10.5. The van der Waals surface area contributed by atoms with Crippen molar-refractivity contribution < 1.29 is 32.9 Å². The van der Waals surface area contributed by atoms with E-state index in [1.807, 2.05) is 18.2 Å². The van der Waals surface area contributed by atoms with Gasteiger partial charge in [-0.1, -0.05) is 12.1 Å². The number of fused-ring (bicyclic) bond motifs is 1. The third kappa shape index (κ3) is 6.85. The van der Waals surface area contributed by atoms with Gasteiger partial charge in [-0.2, -0.15) is 0 Å². The van der Waals surface area contributed by atoms with Crippen molar-refractivity contribution >= 4 is 5.97 Å². The number of halogens is 1. The minimum Gasteiger partial charge on any atom is -0.491 e. The van der Waals surface area contributed by atoms with Crippen molar-refractivity contribution in [3.05, 3.63) is 53.3 Å². The summed E-state index contributed by atoms with van der Waals surface area (Å²) in [7, 11) is 1.63. The molecule has 3 rings (SSSR count). The number of rotatable bonds is 11. The van der Waals surface area contributed by atoms with Crippen LogP contribution in [0.3, 0.4) is 0 Å². The zero-order valence-corrected chi connectivity index (χ0v) is 18.0. The van der Waals surface area contributed by atoms with Crippen molar-refractivity contribution in [1.82, 2.24) is 0 Å². The molecule has 0 amide bonds. The van der Waals surface area contributed by atoms with Crippen LogP contribution in [0.2, 0.25) is 0 Å². The van der Waals surface area contributed by atoms with Gasteiger partial charge in [0.15, 0.2) is 0 Å². The first-order valence-corrected chi connectivity index (χ1v) is 10.6. The number of hydrogen-bond acceptors (Lipinski definition) is 6. The molecule has 2 aromatic rings. The predicted octanol–water partition coefficient (Wildman–Crippen LogP) is 4.12. The van der Waals surface area contributed by atoms with Crippen molar-refractivity contribution in [3.8, 4) is 17.2 Å². The molecule has 1 aliphatic heterocycles. The summed E-state index contributed by atoms with van der Waals surface area (Å²) in [6.45, 7) is 3.38. The number of carbonyl (C=O) groups excluding carboxylic acids is 1. The molecule has 0 radical (unpaired) electrons. The zero-order valence-electron chi connectivity index (χ0n) is 18.0. The second kappa shape index (κ2) is 11.6. The zero-order chi connectivity index (χ0) is 22.1. The van der Waals surface area contributed by atoms with Crippen LogP contribution in [0.25, 0.3) is 0 Å². The average Bonchev–Trinajstić information content (AvgIpc) is 2.77. The molecule has 0 spiro atoms. The Bertz CT molecular complexity index is 869. The van der Waals surface area contributed by atoms with Gasteiger partial charge in [0.1, 0.15) is 42.4 Å². The van der Waals surface area contributed by atoms with Crippen LogP contribution in [-0.4, -0.2) is 45.6 Å². The van der Waals surface area contributed by atoms with Crippen LogP contribution in [0.15, 0.2) is 36.4 Å². The Labute approximate surface area is 182 Å². The fourth-order valence-electron chi connectivity index (χ4n) is 3.34. The minimum atomic E-state index is -0.394. The lowest BCUT2D eigenvalue weighted by molar-refractivity contribution is -0.143. The molecule has 0 saturated heterocycles. The van der Waals surface area contributed by atoms with Gasteiger partial charge < -0.3 is 23.7 Å². The lowest BCUT2D eigenvalue weighted by Gasteiger charge is -2.26. The van der Waals surface area contributed by atoms with Crippen LogP contribution < -0.4 is 14.2 Å². The maximum absolute atomic E-state index is 14.3. The molecule has 31 heavy (non-hydrogen) atoms. The first kappa shape index (κ1) is 22.9. The molecule has 2 aromatic carbocycles. The number of ether oxygens (including phenoxy) is 5. The van der Waals surface area contributed by atoms with Gasteiger partial charge in [-0.3, -0.25) is 4.79 Å². The largest absolute Gasteiger partial charge is 0.491 e.